The summed E-state index contributed by atoms with van der Waals surface area (Å²) in [6, 6.07) is 8.93. The zero-order valence-electron chi connectivity index (χ0n) is 17.1. The third-order valence-electron chi connectivity index (χ3n) is 6.24. The van der Waals surface area contributed by atoms with E-state index < -0.39 is 0 Å². The average Bonchev–Trinajstić information content (AvgIpc) is 3.54. The molecule has 0 atom stereocenters. The minimum atomic E-state index is 0. The number of benzene rings is 1. The van der Waals surface area contributed by atoms with E-state index in [-0.39, 0.29) is 24.0 Å². The van der Waals surface area contributed by atoms with Crippen molar-refractivity contribution in [3.05, 3.63) is 29.8 Å². The maximum atomic E-state index is 6.23. The van der Waals surface area contributed by atoms with E-state index in [4.69, 9.17) is 5.73 Å². The summed E-state index contributed by atoms with van der Waals surface area (Å²) in [5, 5.41) is 0. The van der Waals surface area contributed by atoms with E-state index >= 15 is 0 Å². The minimum Gasteiger partial charge on any atom is -0.370 e. The summed E-state index contributed by atoms with van der Waals surface area (Å²) < 4.78 is 0. The normalized spacial score (nSPS) is 21.9. The Balaban J connectivity index is 0.00000225. The molecule has 1 aliphatic carbocycles. The van der Waals surface area contributed by atoms with Crippen molar-refractivity contribution in [1.29, 1.82) is 0 Å². The van der Waals surface area contributed by atoms with Crippen LogP contribution in [0.1, 0.15) is 44.1 Å². The van der Waals surface area contributed by atoms with Gasteiger partial charge >= 0.3 is 0 Å². The number of hydrogen-bond donors (Lipinski definition) is 1. The van der Waals surface area contributed by atoms with Crippen LogP contribution in [0.3, 0.4) is 0 Å². The van der Waals surface area contributed by atoms with E-state index in [1.54, 1.807) is 0 Å². The highest BCUT2D eigenvalue weighted by Crippen LogP contribution is 2.30. The van der Waals surface area contributed by atoms with E-state index in [0.717, 1.165) is 32.1 Å². The number of rotatable bonds is 5. The molecule has 2 saturated heterocycles. The number of nitrogens with two attached hydrogens (primary N) is 1. The van der Waals surface area contributed by atoms with Crippen LogP contribution < -0.4 is 10.6 Å². The molecule has 0 spiro atoms. The third kappa shape index (κ3) is 6.24. The molecule has 0 aromatic heterocycles. The van der Waals surface area contributed by atoms with Gasteiger partial charge in [-0.3, -0.25) is 4.90 Å². The van der Waals surface area contributed by atoms with Gasteiger partial charge in [0.15, 0.2) is 5.96 Å². The topological polar surface area (TPSA) is 48.1 Å². The summed E-state index contributed by atoms with van der Waals surface area (Å²) in [5.41, 5.74) is 8.81. The number of anilines is 1. The molecule has 2 heterocycles. The van der Waals surface area contributed by atoms with E-state index in [1.807, 2.05) is 0 Å². The van der Waals surface area contributed by atoms with E-state index in [0.29, 0.717) is 12.5 Å². The highest BCUT2D eigenvalue weighted by molar-refractivity contribution is 14.0. The Morgan fingerprint density at radius 2 is 1.54 bits per heavy atom. The molecule has 0 unspecified atom stereocenters. The molecule has 1 aromatic carbocycles. The predicted octanol–water partition coefficient (Wildman–Crippen LogP) is 3.53. The fraction of sp³-hybridized carbons (Fsp3) is 0.682. The molecule has 3 fully saturated rings. The molecule has 28 heavy (non-hydrogen) atoms. The second-order valence-electron chi connectivity index (χ2n) is 8.47. The van der Waals surface area contributed by atoms with Crippen LogP contribution in [0.2, 0.25) is 0 Å². The fourth-order valence-corrected chi connectivity index (χ4v) is 4.24. The fourth-order valence-electron chi connectivity index (χ4n) is 4.24. The third-order valence-corrected chi connectivity index (χ3v) is 6.24. The average molecular weight is 497 g/mol. The van der Waals surface area contributed by atoms with Gasteiger partial charge in [-0.15, -0.1) is 24.0 Å². The smallest absolute Gasteiger partial charge is 0.191 e. The van der Waals surface area contributed by atoms with Gasteiger partial charge in [-0.05, 0) is 49.3 Å². The van der Waals surface area contributed by atoms with Gasteiger partial charge in [-0.25, -0.2) is 4.99 Å². The second kappa shape index (κ2) is 10.7. The van der Waals surface area contributed by atoms with E-state index in [9.17, 15) is 0 Å². The van der Waals surface area contributed by atoms with Crippen LogP contribution >= 0.6 is 24.0 Å². The lowest BCUT2D eigenvalue weighted by Crippen LogP contribution is -2.47. The summed E-state index contributed by atoms with van der Waals surface area (Å²) in [7, 11) is 0. The molecule has 4 rings (SSSR count). The molecular formula is C22H36IN5. The summed E-state index contributed by atoms with van der Waals surface area (Å²) in [6.07, 6.45) is 8.01. The van der Waals surface area contributed by atoms with Crippen molar-refractivity contribution in [1.82, 2.24) is 9.80 Å². The highest BCUT2D eigenvalue weighted by Gasteiger charge is 2.26. The van der Waals surface area contributed by atoms with Crippen LogP contribution in [0.15, 0.2) is 29.3 Å². The van der Waals surface area contributed by atoms with E-state index in [2.05, 4.69) is 44.0 Å². The van der Waals surface area contributed by atoms with Crippen molar-refractivity contribution in [2.24, 2.45) is 16.6 Å². The molecule has 156 valence electrons. The molecule has 2 N–H and O–H groups in total. The standard InChI is InChI=1S/C22H35N5.HI/c23-22(27-11-3-1-2-4-12-27)24-17-19-7-9-21(10-8-19)26-15-13-25(14-16-26)18-20-5-6-20;/h7-10,20H,1-6,11-18H2,(H2,23,24);1H. The molecule has 3 aliphatic rings. The first-order valence-electron chi connectivity index (χ1n) is 10.9. The largest absolute Gasteiger partial charge is 0.370 e. The zero-order valence-corrected chi connectivity index (χ0v) is 19.4. The minimum absolute atomic E-state index is 0. The Morgan fingerprint density at radius 3 is 2.14 bits per heavy atom. The van der Waals surface area contributed by atoms with Crippen LogP contribution in [0.25, 0.3) is 0 Å². The van der Waals surface area contributed by atoms with Gasteiger partial charge in [0.1, 0.15) is 0 Å². The Kier molecular flexibility index (Phi) is 8.26. The van der Waals surface area contributed by atoms with Gasteiger partial charge in [0, 0.05) is 51.5 Å². The first-order chi connectivity index (χ1) is 13.3. The molecule has 1 aromatic rings. The highest BCUT2D eigenvalue weighted by atomic mass is 127. The predicted molar refractivity (Wildman–Crippen MR) is 129 cm³/mol. The van der Waals surface area contributed by atoms with Crippen LogP contribution in [0.4, 0.5) is 5.69 Å². The number of nitrogens with zero attached hydrogens (tertiary/aromatic N) is 4. The summed E-state index contributed by atoms with van der Waals surface area (Å²) in [4.78, 5) is 12.1. The summed E-state index contributed by atoms with van der Waals surface area (Å²) >= 11 is 0. The maximum Gasteiger partial charge on any atom is 0.191 e. The van der Waals surface area contributed by atoms with Crippen molar-refractivity contribution in [3.8, 4) is 0 Å². The first-order valence-corrected chi connectivity index (χ1v) is 10.9. The molecular weight excluding hydrogens is 461 g/mol. The summed E-state index contributed by atoms with van der Waals surface area (Å²) in [6.45, 7) is 8.81. The second-order valence-corrected chi connectivity index (χ2v) is 8.47. The summed E-state index contributed by atoms with van der Waals surface area (Å²) in [5.74, 6) is 1.71. The van der Waals surface area contributed by atoms with Crippen molar-refractivity contribution in [2.75, 3.05) is 50.7 Å². The van der Waals surface area contributed by atoms with Crippen molar-refractivity contribution >= 4 is 35.6 Å². The number of piperazine rings is 1. The van der Waals surface area contributed by atoms with Gasteiger partial charge in [0.2, 0.25) is 0 Å². The molecule has 1 saturated carbocycles. The quantitative estimate of drug-likeness (QED) is 0.384. The maximum absolute atomic E-state index is 6.23. The molecule has 0 amide bonds. The van der Waals surface area contributed by atoms with Crippen LogP contribution in [0.5, 0.6) is 0 Å². The van der Waals surface area contributed by atoms with Gasteiger partial charge in [0.25, 0.3) is 0 Å². The Labute approximate surface area is 187 Å². The lowest BCUT2D eigenvalue weighted by atomic mass is 10.1. The Hall–Kier alpha value is -1.02. The number of likely N-dealkylation sites (tertiary alicyclic amines) is 1. The number of hydrogen-bond acceptors (Lipinski definition) is 3. The Bertz CT molecular complexity index is 612. The molecule has 6 heteroatoms. The first kappa shape index (κ1) is 21.7. The number of aliphatic imine (C=N–C) groups is 1. The lowest BCUT2D eigenvalue weighted by Gasteiger charge is -2.36. The SMILES string of the molecule is I.NC(=NCc1ccc(N2CCN(CC3CC3)CC2)cc1)N1CCCCCC1. The molecule has 0 bridgehead atoms. The zero-order chi connectivity index (χ0) is 18.5. The molecule has 0 radical (unpaired) electrons. The molecule has 5 nitrogen and oxygen atoms in total. The monoisotopic (exact) mass is 497 g/mol. The van der Waals surface area contributed by atoms with Gasteiger partial charge < -0.3 is 15.5 Å². The van der Waals surface area contributed by atoms with Crippen LogP contribution in [-0.4, -0.2) is 61.6 Å². The van der Waals surface area contributed by atoms with Gasteiger partial charge in [0.05, 0.1) is 6.54 Å². The van der Waals surface area contributed by atoms with Gasteiger partial charge in [-0.2, -0.15) is 0 Å². The van der Waals surface area contributed by atoms with Crippen molar-refractivity contribution in [3.63, 3.8) is 0 Å². The lowest BCUT2D eigenvalue weighted by molar-refractivity contribution is 0.248. The van der Waals surface area contributed by atoms with Gasteiger partial charge in [-0.1, -0.05) is 25.0 Å². The van der Waals surface area contributed by atoms with Crippen molar-refractivity contribution < 1.29 is 0 Å². The van der Waals surface area contributed by atoms with Crippen LogP contribution in [0, 0.1) is 5.92 Å². The molecule has 2 aliphatic heterocycles. The number of guanidine groups is 1. The Morgan fingerprint density at radius 1 is 0.893 bits per heavy atom. The van der Waals surface area contributed by atoms with Crippen molar-refractivity contribution in [2.45, 2.75) is 45.1 Å². The van der Waals surface area contributed by atoms with E-state index in [1.165, 1.54) is 69.4 Å². The van der Waals surface area contributed by atoms with Crippen LogP contribution in [-0.2, 0) is 6.54 Å². The number of halogens is 1.